The monoisotopic (exact) mass is 278 g/mol. The Morgan fingerprint density at radius 3 is 2.50 bits per heavy atom. The molecule has 20 heavy (non-hydrogen) atoms. The van der Waals surface area contributed by atoms with E-state index in [0.717, 1.165) is 29.8 Å². The number of piperidine rings is 1. The molecular weight excluding hydrogens is 244 g/mol. The number of hydrogen-bond acceptors (Lipinski definition) is 2. The zero-order valence-corrected chi connectivity index (χ0v) is 13.6. The van der Waals surface area contributed by atoms with Crippen LogP contribution in [0.25, 0.3) is 0 Å². The van der Waals surface area contributed by atoms with E-state index in [-0.39, 0.29) is 0 Å². The van der Waals surface area contributed by atoms with E-state index in [2.05, 4.69) is 24.1 Å². The molecule has 2 aliphatic carbocycles. The Balaban J connectivity index is 1.51. The van der Waals surface area contributed by atoms with E-state index < -0.39 is 0 Å². The predicted octanol–water partition coefficient (Wildman–Crippen LogP) is 3.67. The van der Waals surface area contributed by atoms with Gasteiger partial charge >= 0.3 is 0 Å². The lowest BCUT2D eigenvalue weighted by molar-refractivity contribution is 0.0872. The highest BCUT2D eigenvalue weighted by Crippen LogP contribution is 2.37. The summed E-state index contributed by atoms with van der Waals surface area (Å²) in [7, 11) is 0. The molecule has 0 spiro atoms. The molecule has 0 amide bonds. The van der Waals surface area contributed by atoms with E-state index in [1.165, 1.54) is 71.0 Å². The second kappa shape index (κ2) is 6.79. The lowest BCUT2D eigenvalue weighted by Gasteiger charge is -2.42. The van der Waals surface area contributed by atoms with E-state index in [1.54, 1.807) is 0 Å². The van der Waals surface area contributed by atoms with Crippen LogP contribution in [0.4, 0.5) is 0 Å². The first-order valence-corrected chi connectivity index (χ1v) is 9.23. The van der Waals surface area contributed by atoms with Crippen LogP contribution in [0.1, 0.15) is 65.2 Å². The Hall–Kier alpha value is -0.0800. The first kappa shape index (κ1) is 14.8. The van der Waals surface area contributed by atoms with Gasteiger partial charge in [0.2, 0.25) is 0 Å². The SMILES string of the molecule is CCCC1CC(NCC2CCC2)CN(C(C)C2CC2)C1. The van der Waals surface area contributed by atoms with Crippen LogP contribution in [0.15, 0.2) is 0 Å². The Bertz CT molecular complexity index is 296. The van der Waals surface area contributed by atoms with Crippen molar-refractivity contribution in [3.63, 3.8) is 0 Å². The van der Waals surface area contributed by atoms with Crippen molar-refractivity contribution < 1.29 is 0 Å². The molecule has 2 saturated carbocycles. The summed E-state index contributed by atoms with van der Waals surface area (Å²) in [5.41, 5.74) is 0. The largest absolute Gasteiger partial charge is 0.312 e. The molecule has 3 atom stereocenters. The summed E-state index contributed by atoms with van der Waals surface area (Å²) in [6.07, 6.45) is 11.6. The molecule has 2 nitrogen and oxygen atoms in total. The van der Waals surface area contributed by atoms with Gasteiger partial charge in [-0.05, 0) is 69.7 Å². The molecular formula is C18H34N2. The zero-order chi connectivity index (χ0) is 13.9. The van der Waals surface area contributed by atoms with Crippen molar-refractivity contribution in [3.8, 4) is 0 Å². The van der Waals surface area contributed by atoms with Gasteiger partial charge in [-0.15, -0.1) is 0 Å². The lowest BCUT2D eigenvalue weighted by Crippen LogP contribution is -2.53. The summed E-state index contributed by atoms with van der Waals surface area (Å²) < 4.78 is 0. The van der Waals surface area contributed by atoms with E-state index >= 15 is 0 Å². The van der Waals surface area contributed by atoms with Gasteiger partial charge in [0.1, 0.15) is 0 Å². The van der Waals surface area contributed by atoms with Gasteiger partial charge in [-0.1, -0.05) is 19.8 Å². The second-order valence-corrected chi connectivity index (χ2v) is 7.82. The fraction of sp³-hybridized carbons (Fsp3) is 1.00. The number of rotatable bonds is 7. The molecule has 3 rings (SSSR count). The summed E-state index contributed by atoms with van der Waals surface area (Å²) >= 11 is 0. The van der Waals surface area contributed by atoms with Gasteiger partial charge in [0.15, 0.2) is 0 Å². The van der Waals surface area contributed by atoms with E-state index in [9.17, 15) is 0 Å². The van der Waals surface area contributed by atoms with Crippen LogP contribution in [0, 0.1) is 17.8 Å². The van der Waals surface area contributed by atoms with Crippen LogP contribution in [0.3, 0.4) is 0 Å². The van der Waals surface area contributed by atoms with Crippen LogP contribution in [0.5, 0.6) is 0 Å². The average molecular weight is 278 g/mol. The van der Waals surface area contributed by atoms with Crippen LogP contribution in [-0.4, -0.2) is 36.6 Å². The van der Waals surface area contributed by atoms with Crippen molar-refractivity contribution in [2.75, 3.05) is 19.6 Å². The Labute approximate surface area is 125 Å². The molecule has 2 heteroatoms. The van der Waals surface area contributed by atoms with Crippen molar-refractivity contribution in [1.82, 2.24) is 10.2 Å². The molecule has 0 aromatic heterocycles. The van der Waals surface area contributed by atoms with Gasteiger partial charge in [-0.3, -0.25) is 4.90 Å². The van der Waals surface area contributed by atoms with Crippen molar-refractivity contribution in [3.05, 3.63) is 0 Å². The average Bonchev–Trinajstić information content (AvgIpc) is 3.20. The van der Waals surface area contributed by atoms with Gasteiger partial charge in [0, 0.05) is 25.2 Å². The van der Waals surface area contributed by atoms with Crippen molar-refractivity contribution >= 4 is 0 Å². The topological polar surface area (TPSA) is 15.3 Å². The zero-order valence-electron chi connectivity index (χ0n) is 13.6. The third kappa shape index (κ3) is 3.76. The van der Waals surface area contributed by atoms with Gasteiger partial charge in [0.25, 0.3) is 0 Å². The fourth-order valence-corrected chi connectivity index (χ4v) is 4.25. The molecule has 1 N–H and O–H groups in total. The second-order valence-electron chi connectivity index (χ2n) is 7.82. The summed E-state index contributed by atoms with van der Waals surface area (Å²) in [5.74, 6) is 2.95. The fourth-order valence-electron chi connectivity index (χ4n) is 4.25. The summed E-state index contributed by atoms with van der Waals surface area (Å²) in [6.45, 7) is 8.79. The van der Waals surface area contributed by atoms with E-state index in [4.69, 9.17) is 0 Å². The molecule has 0 aromatic rings. The number of likely N-dealkylation sites (tertiary alicyclic amines) is 1. The Morgan fingerprint density at radius 2 is 1.90 bits per heavy atom. The van der Waals surface area contributed by atoms with Crippen LogP contribution >= 0.6 is 0 Å². The first-order valence-electron chi connectivity index (χ1n) is 9.23. The Kier molecular flexibility index (Phi) is 5.04. The molecule has 3 unspecified atom stereocenters. The maximum absolute atomic E-state index is 3.91. The molecule has 0 radical (unpaired) electrons. The molecule has 0 aromatic carbocycles. The predicted molar refractivity (Wildman–Crippen MR) is 85.9 cm³/mol. The van der Waals surface area contributed by atoms with Crippen molar-refractivity contribution in [2.45, 2.75) is 77.3 Å². The third-order valence-electron chi connectivity index (χ3n) is 6.06. The lowest BCUT2D eigenvalue weighted by atomic mass is 9.84. The first-order chi connectivity index (χ1) is 9.76. The molecule has 3 fully saturated rings. The minimum atomic E-state index is 0.766. The summed E-state index contributed by atoms with van der Waals surface area (Å²) in [4.78, 5) is 2.82. The molecule has 0 bridgehead atoms. The smallest absolute Gasteiger partial charge is 0.0198 e. The molecule has 3 aliphatic rings. The maximum Gasteiger partial charge on any atom is 0.0198 e. The minimum Gasteiger partial charge on any atom is -0.312 e. The molecule has 1 heterocycles. The number of hydrogen-bond donors (Lipinski definition) is 1. The minimum absolute atomic E-state index is 0.766. The van der Waals surface area contributed by atoms with Crippen LogP contribution < -0.4 is 5.32 Å². The maximum atomic E-state index is 3.91. The normalized spacial score (nSPS) is 33.9. The van der Waals surface area contributed by atoms with Crippen LogP contribution in [0.2, 0.25) is 0 Å². The highest BCUT2D eigenvalue weighted by atomic mass is 15.2. The Morgan fingerprint density at radius 1 is 1.10 bits per heavy atom. The number of nitrogens with zero attached hydrogens (tertiary/aromatic N) is 1. The van der Waals surface area contributed by atoms with E-state index in [0.29, 0.717) is 0 Å². The highest BCUT2D eigenvalue weighted by molar-refractivity contribution is 4.92. The quantitative estimate of drug-likeness (QED) is 0.764. The summed E-state index contributed by atoms with van der Waals surface area (Å²) in [6, 6.07) is 1.60. The van der Waals surface area contributed by atoms with Gasteiger partial charge in [-0.2, -0.15) is 0 Å². The molecule has 1 aliphatic heterocycles. The van der Waals surface area contributed by atoms with Gasteiger partial charge < -0.3 is 5.32 Å². The van der Waals surface area contributed by atoms with Crippen LogP contribution in [-0.2, 0) is 0 Å². The van der Waals surface area contributed by atoms with E-state index in [1.807, 2.05) is 0 Å². The van der Waals surface area contributed by atoms with Crippen molar-refractivity contribution in [2.24, 2.45) is 17.8 Å². The highest BCUT2D eigenvalue weighted by Gasteiger charge is 2.36. The van der Waals surface area contributed by atoms with Gasteiger partial charge in [-0.25, -0.2) is 0 Å². The third-order valence-corrected chi connectivity index (χ3v) is 6.06. The molecule has 116 valence electrons. The number of nitrogens with one attached hydrogen (secondary N) is 1. The summed E-state index contributed by atoms with van der Waals surface area (Å²) in [5, 5.41) is 3.91. The molecule has 1 saturated heterocycles. The van der Waals surface area contributed by atoms with Gasteiger partial charge in [0.05, 0.1) is 0 Å². The van der Waals surface area contributed by atoms with Crippen molar-refractivity contribution in [1.29, 1.82) is 0 Å². The standard InChI is InChI=1S/C18H34N2/c1-3-5-16-10-18(19-11-15-6-4-7-15)13-20(12-16)14(2)17-8-9-17/h14-19H,3-13H2,1-2H3.